The third-order valence-corrected chi connectivity index (χ3v) is 4.01. The predicted octanol–water partition coefficient (Wildman–Crippen LogP) is 0.456. The zero-order chi connectivity index (χ0) is 15.5. The van der Waals surface area contributed by atoms with Crippen LogP contribution < -0.4 is 5.73 Å². The zero-order valence-electron chi connectivity index (χ0n) is 12.6. The van der Waals surface area contributed by atoms with Gasteiger partial charge < -0.3 is 10.6 Å². The Kier molecular flexibility index (Phi) is 4.15. The van der Waals surface area contributed by atoms with Gasteiger partial charge in [0, 0.05) is 18.7 Å². The molecule has 3 rings (SSSR count). The van der Waals surface area contributed by atoms with E-state index in [1.807, 2.05) is 36.1 Å². The van der Waals surface area contributed by atoms with Crippen molar-refractivity contribution in [2.45, 2.75) is 19.9 Å². The van der Waals surface area contributed by atoms with Crippen molar-refractivity contribution in [1.82, 2.24) is 25.1 Å². The van der Waals surface area contributed by atoms with Crippen molar-refractivity contribution in [2.24, 2.45) is 11.7 Å². The van der Waals surface area contributed by atoms with Gasteiger partial charge in [0.15, 0.2) is 0 Å². The highest BCUT2D eigenvalue weighted by atomic mass is 16.2. The molecule has 2 heterocycles. The summed E-state index contributed by atoms with van der Waals surface area (Å²) in [7, 11) is 0. The highest BCUT2D eigenvalue weighted by molar-refractivity contribution is 5.76. The summed E-state index contributed by atoms with van der Waals surface area (Å²) >= 11 is 0. The molecule has 1 aliphatic heterocycles. The average molecular weight is 300 g/mol. The molecular formula is C15H20N6O. The molecule has 2 N–H and O–H groups in total. The Morgan fingerprint density at radius 1 is 1.36 bits per heavy atom. The molecule has 22 heavy (non-hydrogen) atoms. The van der Waals surface area contributed by atoms with Crippen molar-refractivity contribution in [1.29, 1.82) is 0 Å². The molecule has 7 heteroatoms. The third-order valence-electron chi connectivity index (χ3n) is 4.01. The molecule has 0 bridgehead atoms. The lowest BCUT2D eigenvalue weighted by molar-refractivity contribution is -0.131. The van der Waals surface area contributed by atoms with E-state index < -0.39 is 0 Å². The molecule has 1 atom stereocenters. The first-order valence-electron chi connectivity index (χ1n) is 7.48. The van der Waals surface area contributed by atoms with Gasteiger partial charge in [-0.05, 0) is 31.0 Å². The summed E-state index contributed by atoms with van der Waals surface area (Å²) in [5.41, 5.74) is 7.72. The number of carbonyl (C=O) groups excluding carboxylic acids is 1. The lowest BCUT2D eigenvalue weighted by Gasteiger charge is -2.15. The molecule has 0 saturated carbocycles. The fourth-order valence-electron chi connectivity index (χ4n) is 2.60. The van der Waals surface area contributed by atoms with Gasteiger partial charge in [0.05, 0.1) is 0 Å². The molecule has 0 spiro atoms. The van der Waals surface area contributed by atoms with E-state index in [1.165, 1.54) is 10.4 Å². The Balaban J connectivity index is 1.64. The van der Waals surface area contributed by atoms with Gasteiger partial charge in [-0.25, -0.2) is 0 Å². The quantitative estimate of drug-likeness (QED) is 0.885. The summed E-state index contributed by atoms with van der Waals surface area (Å²) in [4.78, 5) is 15.4. The number of tetrazole rings is 1. The number of aromatic nitrogens is 4. The fraction of sp³-hybridized carbons (Fsp3) is 0.467. The van der Waals surface area contributed by atoms with Gasteiger partial charge in [0.1, 0.15) is 6.54 Å². The molecule has 116 valence electrons. The lowest BCUT2D eigenvalue weighted by atomic mass is 10.1. The minimum Gasteiger partial charge on any atom is -0.341 e. The second-order valence-corrected chi connectivity index (χ2v) is 5.74. The van der Waals surface area contributed by atoms with E-state index in [0.717, 1.165) is 25.1 Å². The molecular weight excluding hydrogens is 280 g/mol. The van der Waals surface area contributed by atoms with Crippen molar-refractivity contribution >= 4 is 5.91 Å². The maximum atomic E-state index is 12.2. The first kappa shape index (κ1) is 14.6. The maximum Gasteiger partial charge on any atom is 0.246 e. The molecule has 0 radical (unpaired) electrons. The summed E-state index contributed by atoms with van der Waals surface area (Å²) in [5.74, 6) is 0.966. The third kappa shape index (κ3) is 3.14. The number of hydrogen-bond acceptors (Lipinski definition) is 5. The first-order valence-corrected chi connectivity index (χ1v) is 7.48. The number of hydrogen-bond donors (Lipinski definition) is 1. The summed E-state index contributed by atoms with van der Waals surface area (Å²) in [5, 5.41) is 12.3. The van der Waals surface area contributed by atoms with Crippen molar-refractivity contribution < 1.29 is 4.79 Å². The van der Waals surface area contributed by atoms with E-state index in [0.29, 0.717) is 18.3 Å². The molecule has 1 saturated heterocycles. The molecule has 1 aromatic carbocycles. The SMILES string of the molecule is Cc1ccc(-c2nnn(CC(=O)N3CCC(CN)C3)n2)cc1. The monoisotopic (exact) mass is 300 g/mol. The van der Waals surface area contributed by atoms with E-state index in [1.54, 1.807) is 0 Å². The molecule has 1 aromatic heterocycles. The van der Waals surface area contributed by atoms with Crippen LogP contribution in [0.2, 0.25) is 0 Å². The van der Waals surface area contributed by atoms with Crippen molar-refractivity contribution in [3.8, 4) is 11.4 Å². The van der Waals surface area contributed by atoms with Gasteiger partial charge in [-0.15, -0.1) is 10.2 Å². The van der Waals surface area contributed by atoms with Gasteiger partial charge in [0.2, 0.25) is 11.7 Å². The molecule has 1 unspecified atom stereocenters. The molecule has 2 aromatic rings. The van der Waals surface area contributed by atoms with E-state index in [2.05, 4.69) is 15.4 Å². The van der Waals surface area contributed by atoms with Gasteiger partial charge in [-0.1, -0.05) is 29.8 Å². The Hall–Kier alpha value is -2.28. The summed E-state index contributed by atoms with van der Waals surface area (Å²) < 4.78 is 0. The Morgan fingerprint density at radius 3 is 2.82 bits per heavy atom. The highest BCUT2D eigenvalue weighted by Crippen LogP contribution is 2.16. The van der Waals surface area contributed by atoms with Crippen LogP contribution in [0.1, 0.15) is 12.0 Å². The van der Waals surface area contributed by atoms with E-state index >= 15 is 0 Å². The first-order chi connectivity index (χ1) is 10.7. The molecule has 0 aliphatic carbocycles. The Bertz CT molecular complexity index is 650. The predicted molar refractivity (Wildman–Crippen MR) is 81.7 cm³/mol. The largest absolute Gasteiger partial charge is 0.341 e. The van der Waals surface area contributed by atoms with Gasteiger partial charge >= 0.3 is 0 Å². The second-order valence-electron chi connectivity index (χ2n) is 5.74. The lowest BCUT2D eigenvalue weighted by Crippen LogP contribution is -2.33. The van der Waals surface area contributed by atoms with Crippen LogP contribution in [0.5, 0.6) is 0 Å². The number of amides is 1. The van der Waals surface area contributed by atoms with Crippen LogP contribution in [-0.2, 0) is 11.3 Å². The Labute approximate surface area is 129 Å². The summed E-state index contributed by atoms with van der Waals surface area (Å²) in [6.45, 7) is 4.27. The zero-order valence-corrected chi connectivity index (χ0v) is 12.6. The number of nitrogens with zero attached hydrogens (tertiary/aromatic N) is 5. The van der Waals surface area contributed by atoms with Crippen LogP contribution in [-0.4, -0.2) is 50.6 Å². The van der Waals surface area contributed by atoms with Crippen LogP contribution in [0.15, 0.2) is 24.3 Å². The minimum absolute atomic E-state index is 0.0174. The van der Waals surface area contributed by atoms with Crippen LogP contribution in [0.3, 0.4) is 0 Å². The topological polar surface area (TPSA) is 89.9 Å². The van der Waals surface area contributed by atoms with Gasteiger partial charge in [-0.3, -0.25) is 4.79 Å². The number of benzene rings is 1. The smallest absolute Gasteiger partial charge is 0.246 e. The van der Waals surface area contributed by atoms with Crippen LogP contribution in [0, 0.1) is 12.8 Å². The second kappa shape index (κ2) is 6.23. The van der Waals surface area contributed by atoms with Crippen molar-refractivity contribution in [2.75, 3.05) is 19.6 Å². The number of aryl methyl sites for hydroxylation is 1. The maximum absolute atomic E-state index is 12.2. The summed E-state index contributed by atoms with van der Waals surface area (Å²) in [6.07, 6.45) is 0.974. The highest BCUT2D eigenvalue weighted by Gasteiger charge is 2.25. The number of nitrogens with two attached hydrogens (primary N) is 1. The number of rotatable bonds is 4. The standard InChI is InChI=1S/C15H20N6O/c1-11-2-4-13(5-3-11)15-17-19-21(18-15)10-14(22)20-7-6-12(8-16)9-20/h2-5,12H,6-10,16H2,1H3. The number of carbonyl (C=O) groups is 1. The van der Waals surface area contributed by atoms with Gasteiger partial charge in [-0.2, -0.15) is 4.80 Å². The van der Waals surface area contributed by atoms with E-state index in [9.17, 15) is 4.79 Å². The number of likely N-dealkylation sites (tertiary alicyclic amines) is 1. The van der Waals surface area contributed by atoms with E-state index in [4.69, 9.17) is 5.73 Å². The van der Waals surface area contributed by atoms with Crippen LogP contribution in [0.25, 0.3) is 11.4 Å². The summed E-state index contributed by atoms with van der Waals surface area (Å²) in [6, 6.07) is 7.90. The van der Waals surface area contributed by atoms with Crippen LogP contribution >= 0.6 is 0 Å². The van der Waals surface area contributed by atoms with E-state index in [-0.39, 0.29) is 12.5 Å². The fourth-order valence-corrected chi connectivity index (χ4v) is 2.60. The molecule has 7 nitrogen and oxygen atoms in total. The molecule has 1 amide bonds. The van der Waals surface area contributed by atoms with Crippen LogP contribution in [0.4, 0.5) is 0 Å². The van der Waals surface area contributed by atoms with Crippen molar-refractivity contribution in [3.63, 3.8) is 0 Å². The minimum atomic E-state index is 0.0174. The van der Waals surface area contributed by atoms with Gasteiger partial charge in [0.25, 0.3) is 0 Å². The Morgan fingerprint density at radius 2 is 2.14 bits per heavy atom. The average Bonchev–Trinajstić information content (AvgIpc) is 3.17. The molecule has 1 fully saturated rings. The normalized spacial score (nSPS) is 17.9. The molecule has 1 aliphatic rings. The van der Waals surface area contributed by atoms with Crippen molar-refractivity contribution in [3.05, 3.63) is 29.8 Å².